The summed E-state index contributed by atoms with van der Waals surface area (Å²) >= 11 is 0. The zero-order valence-corrected chi connectivity index (χ0v) is 43.6. The molecule has 0 amide bonds. The van der Waals surface area contributed by atoms with Crippen molar-refractivity contribution in [3.63, 3.8) is 0 Å². The van der Waals surface area contributed by atoms with E-state index in [0.717, 1.165) is 33.9 Å². The molecule has 4 heteroatoms. The molecular formula is C66H67BN2O. The molecule has 0 atom stereocenters. The summed E-state index contributed by atoms with van der Waals surface area (Å²) in [7, 11) is 0. The van der Waals surface area contributed by atoms with Crippen molar-refractivity contribution in [3.8, 4) is 27.9 Å². The lowest BCUT2D eigenvalue weighted by Crippen LogP contribution is -2.61. The van der Waals surface area contributed by atoms with E-state index in [4.69, 9.17) is 4.42 Å². The SMILES string of the molecule is CC1(C)CCC(C)(C)c2cc(N3B4c5cc6c(cc5-n5c7ccccc7c7c(-c8cccc9c8oc8ccccc89)cc(c4c75)-c4cc5c(cc43)C(C)(C)CCC5(C)C)C(C)(C)CCC6(C)C)ccc21. The van der Waals surface area contributed by atoms with Crippen LogP contribution in [0.5, 0.6) is 0 Å². The van der Waals surface area contributed by atoms with Crippen molar-refractivity contribution in [2.45, 2.75) is 154 Å². The summed E-state index contributed by atoms with van der Waals surface area (Å²) in [5, 5.41) is 4.93. The second kappa shape index (κ2) is 13.5. The molecule has 0 radical (unpaired) electrons. The number of fused-ring (bicyclic) bond motifs is 14. The molecule has 2 aliphatic heterocycles. The second-order valence-electron chi connectivity index (χ2n) is 26.4. The van der Waals surface area contributed by atoms with E-state index in [1.807, 2.05) is 0 Å². The zero-order valence-electron chi connectivity index (χ0n) is 43.6. The molecule has 4 heterocycles. The summed E-state index contributed by atoms with van der Waals surface area (Å²) in [6, 6.07) is 45.7. The molecule has 0 fully saturated rings. The molecule has 0 spiro atoms. The number of para-hydroxylation sites is 3. The summed E-state index contributed by atoms with van der Waals surface area (Å²) < 4.78 is 9.69. The Hall–Kier alpha value is -6.00. The molecule has 0 saturated carbocycles. The molecule has 0 unspecified atom stereocenters. The Balaban J connectivity index is 1.20. The minimum Gasteiger partial charge on any atom is -0.455 e. The molecule has 2 aromatic heterocycles. The number of nitrogens with zero attached hydrogens (tertiary/aromatic N) is 2. The minimum atomic E-state index is -0.0745. The fourth-order valence-corrected chi connectivity index (χ4v) is 14.7. The lowest BCUT2D eigenvalue weighted by Gasteiger charge is -2.48. The Labute approximate surface area is 415 Å². The van der Waals surface area contributed by atoms with Crippen LogP contribution in [0.4, 0.5) is 11.4 Å². The van der Waals surface area contributed by atoms with Gasteiger partial charge in [0.05, 0.1) is 11.0 Å². The van der Waals surface area contributed by atoms with Crippen LogP contribution in [-0.2, 0) is 32.5 Å². The molecule has 14 rings (SSSR count). The molecule has 0 N–H and O–H groups in total. The maximum Gasteiger partial charge on any atom is 0.333 e. The highest BCUT2D eigenvalue weighted by Crippen LogP contribution is 2.56. The van der Waals surface area contributed by atoms with Crippen LogP contribution in [0.2, 0.25) is 0 Å². The van der Waals surface area contributed by atoms with E-state index in [0.29, 0.717) is 0 Å². The third-order valence-electron chi connectivity index (χ3n) is 19.4. The first-order valence-electron chi connectivity index (χ1n) is 26.5. The normalized spacial score (nSPS) is 20.3. The lowest BCUT2D eigenvalue weighted by molar-refractivity contribution is 0.332. The Bertz CT molecular complexity index is 3810. The highest BCUT2D eigenvalue weighted by atomic mass is 16.3. The van der Waals surface area contributed by atoms with Gasteiger partial charge in [0.2, 0.25) is 0 Å². The van der Waals surface area contributed by atoms with E-state index in [9.17, 15) is 0 Å². The number of furan rings is 1. The summed E-state index contributed by atoms with van der Waals surface area (Å²) in [5.41, 5.74) is 25.7. The highest BCUT2D eigenvalue weighted by Gasteiger charge is 2.49. The van der Waals surface area contributed by atoms with Gasteiger partial charge in [0.15, 0.2) is 0 Å². The van der Waals surface area contributed by atoms with Gasteiger partial charge in [-0.2, -0.15) is 0 Å². The lowest BCUT2D eigenvalue weighted by atomic mass is 9.43. The predicted molar refractivity (Wildman–Crippen MR) is 298 cm³/mol. The van der Waals surface area contributed by atoms with Crippen LogP contribution in [0, 0.1) is 0 Å². The smallest absolute Gasteiger partial charge is 0.333 e. The van der Waals surface area contributed by atoms with Crippen LogP contribution in [-0.4, -0.2) is 11.4 Å². The molecule has 9 aromatic rings. The highest BCUT2D eigenvalue weighted by molar-refractivity contribution is 6.93. The van der Waals surface area contributed by atoms with Gasteiger partial charge in [-0.05, 0) is 175 Å². The number of rotatable bonds is 2. The number of anilines is 2. The van der Waals surface area contributed by atoms with Gasteiger partial charge in [-0.3, -0.25) is 0 Å². The van der Waals surface area contributed by atoms with Crippen LogP contribution in [0.3, 0.4) is 0 Å². The summed E-state index contributed by atoms with van der Waals surface area (Å²) in [6.07, 6.45) is 7.05. The van der Waals surface area contributed by atoms with E-state index >= 15 is 0 Å². The molecule has 3 aliphatic carbocycles. The molecular weight excluding hydrogens is 848 g/mol. The van der Waals surface area contributed by atoms with Crippen LogP contribution in [0.25, 0.3) is 71.7 Å². The van der Waals surface area contributed by atoms with Gasteiger partial charge in [0, 0.05) is 49.7 Å². The van der Waals surface area contributed by atoms with Gasteiger partial charge >= 0.3 is 6.85 Å². The van der Waals surface area contributed by atoms with E-state index in [2.05, 4.69) is 208 Å². The predicted octanol–water partition coefficient (Wildman–Crippen LogP) is 16.6. The van der Waals surface area contributed by atoms with Gasteiger partial charge in [-0.15, -0.1) is 0 Å². The Morgan fingerprint density at radius 3 is 1.64 bits per heavy atom. The Kier molecular flexibility index (Phi) is 8.26. The number of aromatic nitrogens is 1. The first-order chi connectivity index (χ1) is 33.2. The average molecular weight is 915 g/mol. The number of hydrogen-bond donors (Lipinski definition) is 0. The molecule has 7 aromatic carbocycles. The first-order valence-corrected chi connectivity index (χ1v) is 26.5. The summed E-state index contributed by atoms with van der Waals surface area (Å²) in [5.74, 6) is 0. The maximum atomic E-state index is 6.98. The van der Waals surface area contributed by atoms with E-state index in [-0.39, 0.29) is 39.3 Å². The molecule has 5 aliphatic rings. The fourth-order valence-electron chi connectivity index (χ4n) is 14.7. The van der Waals surface area contributed by atoms with E-state index in [1.54, 1.807) is 0 Å². The largest absolute Gasteiger partial charge is 0.455 e. The van der Waals surface area contributed by atoms with E-state index < -0.39 is 0 Å². The molecule has 0 saturated heterocycles. The average Bonchev–Trinajstić information content (AvgIpc) is 3.89. The summed E-state index contributed by atoms with van der Waals surface area (Å²) in [4.78, 5) is 2.85. The quantitative estimate of drug-likeness (QED) is 0.161. The van der Waals surface area contributed by atoms with Crippen LogP contribution < -0.4 is 15.7 Å². The topological polar surface area (TPSA) is 21.3 Å². The van der Waals surface area contributed by atoms with Crippen molar-refractivity contribution >= 4 is 72.9 Å². The number of hydrogen-bond acceptors (Lipinski definition) is 2. The zero-order chi connectivity index (χ0) is 48.4. The van der Waals surface area contributed by atoms with Crippen molar-refractivity contribution in [3.05, 3.63) is 149 Å². The van der Waals surface area contributed by atoms with Gasteiger partial charge in [0.1, 0.15) is 11.2 Å². The van der Waals surface area contributed by atoms with Crippen molar-refractivity contribution < 1.29 is 4.42 Å². The third kappa shape index (κ3) is 5.54. The van der Waals surface area contributed by atoms with Gasteiger partial charge < -0.3 is 13.8 Å². The van der Waals surface area contributed by atoms with Crippen LogP contribution in [0.1, 0.15) is 155 Å². The molecule has 350 valence electrons. The summed E-state index contributed by atoms with van der Waals surface area (Å²) in [6.45, 7) is 29.8. The number of benzene rings is 7. The fraction of sp³-hybridized carbons (Fsp3) is 0.364. The van der Waals surface area contributed by atoms with Gasteiger partial charge in [-0.1, -0.05) is 150 Å². The third-order valence-corrected chi connectivity index (χ3v) is 19.4. The molecule has 3 nitrogen and oxygen atoms in total. The van der Waals surface area contributed by atoms with Gasteiger partial charge in [-0.25, -0.2) is 0 Å². The monoisotopic (exact) mass is 915 g/mol. The first kappa shape index (κ1) is 42.8. The molecule has 70 heavy (non-hydrogen) atoms. The van der Waals surface area contributed by atoms with Crippen molar-refractivity contribution in [1.29, 1.82) is 0 Å². The van der Waals surface area contributed by atoms with Crippen LogP contribution >= 0.6 is 0 Å². The minimum absolute atomic E-state index is 0.0331. The standard InChI is InChI=1S/C66H67BN2O/c1-61(2)26-27-62(3,4)47-32-38(24-25-46(47)61)69-54-36-50-48(63(5,6)28-30-65(50,9)10)34-43(54)45-33-44(41-21-17-20-40-39-18-14-16-23-56(39)70-60(40)41)57-42-19-13-15-22-53(42)68-55-37-51-49(64(7,8)29-31-66(51,11)12)35-52(55)67(69)58(45)59(57)68/h13-25,32-37H,26-31H2,1-12H3. The second-order valence-corrected chi connectivity index (χ2v) is 26.4. The van der Waals surface area contributed by atoms with Gasteiger partial charge in [0.25, 0.3) is 0 Å². The van der Waals surface area contributed by atoms with E-state index in [1.165, 1.54) is 132 Å². The van der Waals surface area contributed by atoms with Crippen LogP contribution in [0.15, 0.2) is 120 Å². The molecule has 0 bridgehead atoms. The Morgan fingerprint density at radius 1 is 0.429 bits per heavy atom. The van der Waals surface area contributed by atoms with Crippen molar-refractivity contribution in [2.24, 2.45) is 0 Å². The van der Waals surface area contributed by atoms with Crippen molar-refractivity contribution in [2.75, 3.05) is 4.81 Å². The Morgan fingerprint density at radius 2 is 0.971 bits per heavy atom. The maximum absolute atomic E-state index is 6.98. The van der Waals surface area contributed by atoms with Crippen molar-refractivity contribution in [1.82, 2.24) is 4.57 Å².